The molecule has 5 heteroatoms. The standard InChI is InChI=1S/C19H20O5/c1-23-18-13-15(6-10-17(18)21)3-2-12-24-19(22)11-7-14-4-8-16(20)9-5-14/h4-11,13,20-21H,2-3,12H2,1H3. The lowest BCUT2D eigenvalue weighted by atomic mass is 10.1. The quantitative estimate of drug-likeness (QED) is 0.463. The van der Waals surface area contributed by atoms with Crippen molar-refractivity contribution in [3.8, 4) is 17.2 Å². The molecule has 0 bridgehead atoms. The van der Waals surface area contributed by atoms with Crippen LogP contribution in [0.5, 0.6) is 17.2 Å². The Morgan fingerprint density at radius 1 is 1.12 bits per heavy atom. The number of phenols is 2. The molecular formula is C19H20O5. The first-order valence-electron chi connectivity index (χ1n) is 7.58. The Morgan fingerprint density at radius 2 is 1.88 bits per heavy atom. The number of rotatable bonds is 7. The highest BCUT2D eigenvalue weighted by molar-refractivity contribution is 5.87. The zero-order valence-corrected chi connectivity index (χ0v) is 13.4. The largest absolute Gasteiger partial charge is 0.508 e. The topological polar surface area (TPSA) is 76.0 Å². The first-order chi connectivity index (χ1) is 11.6. The molecule has 0 atom stereocenters. The number of methoxy groups -OCH3 is 1. The average Bonchev–Trinajstić information content (AvgIpc) is 2.59. The first-order valence-corrected chi connectivity index (χ1v) is 7.58. The van der Waals surface area contributed by atoms with Gasteiger partial charge in [0.25, 0.3) is 0 Å². The Bertz CT molecular complexity index is 704. The fourth-order valence-electron chi connectivity index (χ4n) is 2.12. The van der Waals surface area contributed by atoms with Gasteiger partial charge in [-0.1, -0.05) is 18.2 Å². The molecule has 126 valence electrons. The van der Waals surface area contributed by atoms with Crippen LogP contribution in [0.15, 0.2) is 48.5 Å². The molecule has 2 aromatic rings. The zero-order valence-electron chi connectivity index (χ0n) is 13.4. The summed E-state index contributed by atoms with van der Waals surface area (Å²) >= 11 is 0. The van der Waals surface area contributed by atoms with Crippen molar-refractivity contribution in [2.24, 2.45) is 0 Å². The van der Waals surface area contributed by atoms with E-state index >= 15 is 0 Å². The molecule has 0 aromatic heterocycles. The van der Waals surface area contributed by atoms with Gasteiger partial charge in [0.05, 0.1) is 13.7 Å². The molecule has 0 heterocycles. The molecule has 0 unspecified atom stereocenters. The van der Waals surface area contributed by atoms with Crippen LogP contribution in [0.1, 0.15) is 17.5 Å². The summed E-state index contributed by atoms with van der Waals surface area (Å²) in [4.78, 5) is 11.6. The summed E-state index contributed by atoms with van der Waals surface area (Å²) in [6.07, 6.45) is 4.38. The predicted molar refractivity (Wildman–Crippen MR) is 91.1 cm³/mol. The van der Waals surface area contributed by atoms with E-state index in [0.29, 0.717) is 25.2 Å². The highest BCUT2D eigenvalue weighted by Gasteiger charge is 2.03. The van der Waals surface area contributed by atoms with E-state index in [1.54, 1.807) is 42.5 Å². The van der Waals surface area contributed by atoms with Gasteiger partial charge in [0.15, 0.2) is 11.5 Å². The molecule has 0 spiro atoms. The molecule has 0 fully saturated rings. The van der Waals surface area contributed by atoms with Crippen molar-refractivity contribution in [3.05, 3.63) is 59.7 Å². The molecule has 0 saturated heterocycles. The van der Waals surface area contributed by atoms with E-state index in [9.17, 15) is 15.0 Å². The number of ether oxygens (including phenoxy) is 2. The molecule has 5 nitrogen and oxygen atoms in total. The Kier molecular flexibility index (Phi) is 6.25. The van der Waals surface area contributed by atoms with Crippen LogP contribution in [0.2, 0.25) is 0 Å². The van der Waals surface area contributed by atoms with Gasteiger partial charge < -0.3 is 19.7 Å². The molecule has 2 N–H and O–H groups in total. The molecule has 0 aliphatic carbocycles. The summed E-state index contributed by atoms with van der Waals surface area (Å²) in [5.41, 5.74) is 1.81. The van der Waals surface area contributed by atoms with Gasteiger partial charge >= 0.3 is 5.97 Å². The lowest BCUT2D eigenvalue weighted by Crippen LogP contribution is -2.03. The van der Waals surface area contributed by atoms with Gasteiger partial charge in [-0.15, -0.1) is 0 Å². The van der Waals surface area contributed by atoms with Gasteiger partial charge in [0.2, 0.25) is 0 Å². The van der Waals surface area contributed by atoms with Gasteiger partial charge in [-0.3, -0.25) is 0 Å². The van der Waals surface area contributed by atoms with Crippen molar-refractivity contribution in [2.45, 2.75) is 12.8 Å². The monoisotopic (exact) mass is 328 g/mol. The fraction of sp³-hybridized carbons (Fsp3) is 0.211. The van der Waals surface area contributed by atoms with Crippen LogP contribution >= 0.6 is 0 Å². The van der Waals surface area contributed by atoms with Crippen LogP contribution in [0.25, 0.3) is 6.08 Å². The van der Waals surface area contributed by atoms with Crippen LogP contribution in [0, 0.1) is 0 Å². The maximum atomic E-state index is 11.6. The van der Waals surface area contributed by atoms with E-state index in [-0.39, 0.29) is 11.5 Å². The average molecular weight is 328 g/mol. The number of aryl methyl sites for hydroxylation is 1. The highest BCUT2D eigenvalue weighted by atomic mass is 16.5. The molecule has 0 amide bonds. The maximum absolute atomic E-state index is 11.6. The minimum Gasteiger partial charge on any atom is -0.508 e. The molecule has 2 rings (SSSR count). The Hall–Kier alpha value is -2.95. The third-order valence-corrected chi connectivity index (χ3v) is 3.40. The van der Waals surface area contributed by atoms with Crippen molar-refractivity contribution >= 4 is 12.0 Å². The molecule has 2 aromatic carbocycles. The number of carbonyl (C=O) groups excluding carboxylic acids is 1. The molecule has 0 aliphatic heterocycles. The summed E-state index contributed by atoms with van der Waals surface area (Å²) < 4.78 is 10.2. The van der Waals surface area contributed by atoms with Crippen LogP contribution in [-0.2, 0) is 16.0 Å². The zero-order chi connectivity index (χ0) is 17.4. The molecule has 0 aliphatic rings. The number of hydrogen-bond acceptors (Lipinski definition) is 5. The molecule has 0 radical (unpaired) electrons. The predicted octanol–water partition coefficient (Wildman–Crippen LogP) is 3.30. The van der Waals surface area contributed by atoms with Crippen molar-refractivity contribution < 1.29 is 24.5 Å². The van der Waals surface area contributed by atoms with Crippen LogP contribution in [0.4, 0.5) is 0 Å². The third kappa shape index (κ3) is 5.35. The van der Waals surface area contributed by atoms with E-state index in [0.717, 1.165) is 11.1 Å². The van der Waals surface area contributed by atoms with Gasteiger partial charge in [0, 0.05) is 6.08 Å². The number of esters is 1. The third-order valence-electron chi connectivity index (χ3n) is 3.40. The Morgan fingerprint density at radius 3 is 2.58 bits per heavy atom. The SMILES string of the molecule is COc1cc(CCCOC(=O)C=Cc2ccc(O)cc2)ccc1O. The number of benzene rings is 2. The van der Waals surface area contributed by atoms with E-state index in [1.165, 1.54) is 13.2 Å². The summed E-state index contributed by atoms with van der Waals surface area (Å²) in [7, 11) is 1.50. The van der Waals surface area contributed by atoms with Crippen LogP contribution in [0.3, 0.4) is 0 Å². The van der Waals surface area contributed by atoms with Crippen molar-refractivity contribution in [1.82, 2.24) is 0 Å². The Balaban J connectivity index is 1.73. The lowest BCUT2D eigenvalue weighted by Gasteiger charge is -2.07. The number of hydrogen-bond donors (Lipinski definition) is 2. The van der Waals surface area contributed by atoms with Crippen LogP contribution < -0.4 is 4.74 Å². The second kappa shape index (κ2) is 8.62. The Labute approximate surface area is 140 Å². The minimum absolute atomic E-state index is 0.104. The number of aromatic hydroxyl groups is 2. The summed E-state index contributed by atoms with van der Waals surface area (Å²) in [5.74, 6) is 0.306. The molecule has 0 saturated carbocycles. The van der Waals surface area contributed by atoms with E-state index in [1.807, 2.05) is 6.07 Å². The van der Waals surface area contributed by atoms with Crippen molar-refractivity contribution in [3.63, 3.8) is 0 Å². The van der Waals surface area contributed by atoms with E-state index in [2.05, 4.69) is 0 Å². The van der Waals surface area contributed by atoms with Gasteiger partial charge in [0.1, 0.15) is 5.75 Å². The molecule has 24 heavy (non-hydrogen) atoms. The second-order valence-corrected chi connectivity index (χ2v) is 5.20. The lowest BCUT2D eigenvalue weighted by molar-refractivity contribution is -0.137. The van der Waals surface area contributed by atoms with Gasteiger partial charge in [-0.25, -0.2) is 4.79 Å². The summed E-state index contributed by atoms with van der Waals surface area (Å²) in [6.45, 7) is 0.307. The van der Waals surface area contributed by atoms with Crippen molar-refractivity contribution in [2.75, 3.05) is 13.7 Å². The van der Waals surface area contributed by atoms with E-state index < -0.39 is 5.97 Å². The van der Waals surface area contributed by atoms with E-state index in [4.69, 9.17) is 9.47 Å². The fourth-order valence-corrected chi connectivity index (χ4v) is 2.12. The smallest absolute Gasteiger partial charge is 0.330 e. The second-order valence-electron chi connectivity index (χ2n) is 5.20. The highest BCUT2D eigenvalue weighted by Crippen LogP contribution is 2.26. The number of carbonyl (C=O) groups is 1. The van der Waals surface area contributed by atoms with Crippen molar-refractivity contribution in [1.29, 1.82) is 0 Å². The maximum Gasteiger partial charge on any atom is 0.330 e. The minimum atomic E-state index is -0.411. The summed E-state index contributed by atoms with van der Waals surface area (Å²) in [5, 5.41) is 18.7. The first kappa shape index (κ1) is 17.4. The van der Waals surface area contributed by atoms with Gasteiger partial charge in [-0.2, -0.15) is 0 Å². The van der Waals surface area contributed by atoms with Gasteiger partial charge in [-0.05, 0) is 54.3 Å². The van der Waals surface area contributed by atoms with Crippen LogP contribution in [-0.4, -0.2) is 29.9 Å². The summed E-state index contributed by atoms with van der Waals surface area (Å²) in [6, 6.07) is 11.7. The molecular weight excluding hydrogens is 308 g/mol. The normalized spacial score (nSPS) is 10.7. The number of phenolic OH excluding ortho intramolecular Hbond substituents is 2.